The van der Waals surface area contributed by atoms with Crippen LogP contribution in [-0.4, -0.2) is 33.7 Å². The van der Waals surface area contributed by atoms with Crippen molar-refractivity contribution in [2.75, 3.05) is 6.54 Å². The smallest absolute Gasteiger partial charge is 0.407 e. The van der Waals surface area contributed by atoms with E-state index >= 15 is 0 Å². The molecule has 6 heteroatoms. The van der Waals surface area contributed by atoms with Crippen LogP contribution in [-0.2, 0) is 5.75 Å². The summed E-state index contributed by atoms with van der Waals surface area (Å²) >= 11 is 3.56. The molecule has 1 fully saturated rings. The number of aromatic nitrogens is 1. The molecule has 1 aromatic heterocycles. The lowest BCUT2D eigenvalue weighted by Crippen LogP contribution is -2.51. The first-order valence-electron chi connectivity index (χ1n) is 10.4. The van der Waals surface area contributed by atoms with Gasteiger partial charge in [0, 0.05) is 34.5 Å². The van der Waals surface area contributed by atoms with E-state index < -0.39 is 6.09 Å². The van der Waals surface area contributed by atoms with Crippen LogP contribution in [0.3, 0.4) is 0 Å². The lowest BCUT2D eigenvalue weighted by atomic mass is 9.77. The highest BCUT2D eigenvalue weighted by Crippen LogP contribution is 2.40. The number of rotatable bonds is 4. The van der Waals surface area contributed by atoms with Crippen LogP contribution < -0.4 is 0 Å². The monoisotopic (exact) mass is 440 g/mol. The topological polar surface area (TPSA) is 53.4 Å². The van der Waals surface area contributed by atoms with Gasteiger partial charge in [-0.2, -0.15) is 0 Å². The van der Waals surface area contributed by atoms with E-state index in [1.807, 2.05) is 11.8 Å². The quantitative estimate of drug-likeness (QED) is 0.450. The second-order valence-electron chi connectivity index (χ2n) is 9.02. The molecule has 0 saturated carbocycles. The second kappa shape index (κ2) is 8.60. The van der Waals surface area contributed by atoms with Gasteiger partial charge in [0.25, 0.3) is 0 Å². The number of nitrogens with zero attached hydrogens (tertiary/aromatic N) is 2. The van der Waals surface area contributed by atoms with Crippen LogP contribution in [0, 0.1) is 5.41 Å². The Morgan fingerprint density at radius 2 is 2.00 bits per heavy atom. The normalized spacial score (nSPS) is 19.9. The molecule has 0 bridgehead atoms. The summed E-state index contributed by atoms with van der Waals surface area (Å²) in [6.45, 7) is 6.97. The molecule has 2 unspecified atom stereocenters. The number of thioether (sulfide) groups is 1. The summed E-state index contributed by atoms with van der Waals surface area (Å²) in [4.78, 5) is 19.5. The predicted molar refractivity (Wildman–Crippen MR) is 126 cm³/mol. The molecular formula is C24H28N2O2S2. The number of benzene rings is 2. The van der Waals surface area contributed by atoms with E-state index in [2.05, 4.69) is 68.6 Å². The standard InChI is InChI=1S/C24H28N2O2S2/c1-24(2,3)21-13-17(11-12-26(21)23(27)28)22-25-18(15-30-22)14-29-20-10-6-8-16-7-4-5-9-19(16)20/h4-10,15,17,21H,11-14H2,1-3H3,(H,27,28). The molecule has 30 heavy (non-hydrogen) atoms. The van der Waals surface area contributed by atoms with Crippen molar-refractivity contribution in [1.82, 2.24) is 9.88 Å². The summed E-state index contributed by atoms with van der Waals surface area (Å²) in [6.07, 6.45) is 0.890. The Balaban J connectivity index is 1.46. The van der Waals surface area contributed by atoms with Crippen molar-refractivity contribution in [2.45, 2.75) is 56.2 Å². The van der Waals surface area contributed by atoms with E-state index in [0.29, 0.717) is 12.5 Å². The number of piperidine rings is 1. The molecule has 0 aliphatic carbocycles. The average Bonchev–Trinajstić information content (AvgIpc) is 3.20. The maximum atomic E-state index is 11.7. The number of amides is 1. The van der Waals surface area contributed by atoms with Gasteiger partial charge in [-0.25, -0.2) is 9.78 Å². The number of carboxylic acid groups (broad SMARTS) is 1. The van der Waals surface area contributed by atoms with Gasteiger partial charge in [0.15, 0.2) is 0 Å². The fourth-order valence-electron chi connectivity index (χ4n) is 4.29. The zero-order valence-electron chi connectivity index (χ0n) is 17.7. The zero-order valence-corrected chi connectivity index (χ0v) is 19.3. The maximum absolute atomic E-state index is 11.7. The Kier molecular flexibility index (Phi) is 6.07. The fraction of sp³-hybridized carbons (Fsp3) is 0.417. The van der Waals surface area contributed by atoms with Crippen molar-refractivity contribution < 1.29 is 9.90 Å². The molecule has 1 N–H and O–H groups in total. The Labute approximate surface area is 186 Å². The Bertz CT molecular complexity index is 1040. The van der Waals surface area contributed by atoms with Crippen molar-refractivity contribution in [2.24, 2.45) is 5.41 Å². The number of likely N-dealkylation sites (tertiary alicyclic amines) is 1. The summed E-state index contributed by atoms with van der Waals surface area (Å²) in [5.41, 5.74) is 1.03. The van der Waals surface area contributed by atoms with Crippen LogP contribution >= 0.6 is 23.1 Å². The third kappa shape index (κ3) is 4.49. The highest BCUT2D eigenvalue weighted by Gasteiger charge is 2.39. The highest BCUT2D eigenvalue weighted by atomic mass is 32.2. The van der Waals surface area contributed by atoms with E-state index in [0.717, 1.165) is 29.3 Å². The van der Waals surface area contributed by atoms with Crippen molar-refractivity contribution in [3.05, 3.63) is 58.5 Å². The van der Waals surface area contributed by atoms with Gasteiger partial charge in [0.1, 0.15) is 0 Å². The van der Waals surface area contributed by atoms with Crippen LogP contribution in [0.1, 0.15) is 50.2 Å². The van der Waals surface area contributed by atoms with E-state index in [1.165, 1.54) is 15.7 Å². The molecule has 2 atom stereocenters. The minimum atomic E-state index is -0.806. The summed E-state index contributed by atoms with van der Waals surface area (Å²) < 4.78 is 0. The number of thiazole rings is 1. The van der Waals surface area contributed by atoms with Crippen molar-refractivity contribution in [3.63, 3.8) is 0 Å². The van der Waals surface area contributed by atoms with Crippen LogP contribution in [0.25, 0.3) is 10.8 Å². The van der Waals surface area contributed by atoms with Crippen molar-refractivity contribution in [3.8, 4) is 0 Å². The second-order valence-corrected chi connectivity index (χ2v) is 10.9. The fourth-order valence-corrected chi connectivity index (χ4v) is 6.33. The van der Waals surface area contributed by atoms with E-state index in [-0.39, 0.29) is 11.5 Å². The minimum Gasteiger partial charge on any atom is -0.465 e. The summed E-state index contributed by atoms with van der Waals surface area (Å²) in [5.74, 6) is 1.19. The molecule has 1 amide bonds. The maximum Gasteiger partial charge on any atom is 0.407 e. The third-order valence-electron chi connectivity index (χ3n) is 5.89. The van der Waals surface area contributed by atoms with Crippen molar-refractivity contribution >= 4 is 40.0 Å². The number of carbonyl (C=O) groups is 1. The van der Waals surface area contributed by atoms with Crippen LogP contribution in [0.2, 0.25) is 0 Å². The van der Waals surface area contributed by atoms with Crippen molar-refractivity contribution in [1.29, 1.82) is 0 Å². The van der Waals surface area contributed by atoms with Gasteiger partial charge in [-0.05, 0) is 35.1 Å². The predicted octanol–water partition coefficient (Wildman–Crippen LogP) is 6.86. The molecule has 0 radical (unpaired) electrons. The Morgan fingerprint density at radius 3 is 2.77 bits per heavy atom. The molecule has 1 aliphatic rings. The average molecular weight is 441 g/mol. The first-order chi connectivity index (χ1) is 14.3. The molecular weight excluding hydrogens is 412 g/mol. The van der Waals surface area contributed by atoms with Gasteiger partial charge >= 0.3 is 6.09 Å². The molecule has 1 saturated heterocycles. The van der Waals surface area contributed by atoms with Gasteiger partial charge in [-0.15, -0.1) is 23.1 Å². The van der Waals surface area contributed by atoms with Gasteiger partial charge in [0.05, 0.1) is 10.7 Å². The summed E-state index contributed by atoms with van der Waals surface area (Å²) in [5, 5.41) is 15.5. The number of hydrogen-bond donors (Lipinski definition) is 1. The van der Waals surface area contributed by atoms with E-state index in [9.17, 15) is 9.90 Å². The molecule has 3 aromatic rings. The molecule has 0 spiro atoms. The summed E-state index contributed by atoms with van der Waals surface area (Å²) in [6, 6.07) is 14.9. The largest absolute Gasteiger partial charge is 0.465 e. The molecule has 158 valence electrons. The van der Waals surface area contributed by atoms with Crippen LogP contribution in [0.5, 0.6) is 0 Å². The zero-order chi connectivity index (χ0) is 21.3. The molecule has 4 nitrogen and oxygen atoms in total. The minimum absolute atomic E-state index is 0.0196. The molecule has 2 heterocycles. The number of hydrogen-bond acceptors (Lipinski definition) is 4. The third-order valence-corrected chi connectivity index (χ3v) is 8.05. The first-order valence-corrected chi connectivity index (χ1v) is 12.2. The Hall–Kier alpha value is -2.05. The molecule has 1 aliphatic heterocycles. The Morgan fingerprint density at radius 1 is 1.23 bits per heavy atom. The van der Waals surface area contributed by atoms with Gasteiger partial charge < -0.3 is 10.0 Å². The van der Waals surface area contributed by atoms with Crippen LogP contribution in [0.4, 0.5) is 4.79 Å². The number of fused-ring (bicyclic) bond motifs is 1. The SMILES string of the molecule is CC(C)(C)C1CC(c2nc(CSc3cccc4ccccc34)cs2)CCN1C(=O)O. The van der Waals surface area contributed by atoms with E-state index in [1.54, 1.807) is 16.2 Å². The van der Waals surface area contributed by atoms with Gasteiger partial charge in [-0.3, -0.25) is 0 Å². The lowest BCUT2D eigenvalue weighted by molar-refractivity contribution is 0.0525. The molecule has 2 aromatic carbocycles. The van der Waals surface area contributed by atoms with Crippen LogP contribution in [0.15, 0.2) is 52.7 Å². The highest BCUT2D eigenvalue weighted by molar-refractivity contribution is 7.98. The van der Waals surface area contributed by atoms with Gasteiger partial charge in [0.2, 0.25) is 0 Å². The van der Waals surface area contributed by atoms with Gasteiger partial charge in [-0.1, -0.05) is 57.2 Å². The lowest BCUT2D eigenvalue weighted by Gasteiger charge is -2.44. The summed E-state index contributed by atoms with van der Waals surface area (Å²) in [7, 11) is 0. The first kappa shape index (κ1) is 21.2. The van der Waals surface area contributed by atoms with E-state index in [4.69, 9.17) is 4.98 Å². The molecule has 4 rings (SSSR count).